The molecule has 5 nitrogen and oxygen atoms in total. The first-order valence-corrected chi connectivity index (χ1v) is 8.45. The maximum absolute atomic E-state index is 12.6. The summed E-state index contributed by atoms with van der Waals surface area (Å²) in [6.45, 7) is 5.63. The number of amides is 3. The summed E-state index contributed by atoms with van der Waals surface area (Å²) in [6, 6.07) is 6.36. The molecule has 0 radical (unpaired) electrons. The smallest absolute Gasteiger partial charge is 0.323 e. The fourth-order valence-electron chi connectivity index (χ4n) is 2.51. The quantitative estimate of drug-likeness (QED) is 0.607. The van der Waals surface area contributed by atoms with Gasteiger partial charge in [-0.15, -0.1) is 0 Å². The molecule has 124 valence electrons. The lowest BCUT2D eigenvalue weighted by atomic mass is 9.92. The van der Waals surface area contributed by atoms with E-state index in [0.717, 1.165) is 15.8 Å². The van der Waals surface area contributed by atoms with Gasteiger partial charge in [0.15, 0.2) is 5.78 Å². The van der Waals surface area contributed by atoms with Crippen LogP contribution in [0.2, 0.25) is 0 Å². The molecular weight excluding hydrogens is 360 g/mol. The Bertz CT molecular complexity index is 627. The number of nitrogens with one attached hydrogen (secondary N) is 1. The Morgan fingerprint density at radius 3 is 2.43 bits per heavy atom. The second-order valence-corrected chi connectivity index (χ2v) is 7.43. The molecule has 0 aliphatic carbocycles. The molecule has 0 spiro atoms. The van der Waals surface area contributed by atoms with Crippen molar-refractivity contribution in [3.05, 3.63) is 34.3 Å². The van der Waals surface area contributed by atoms with Crippen molar-refractivity contribution in [3.63, 3.8) is 0 Å². The van der Waals surface area contributed by atoms with E-state index in [1.165, 1.54) is 0 Å². The van der Waals surface area contributed by atoms with Crippen molar-refractivity contribution in [3.8, 4) is 0 Å². The van der Waals surface area contributed by atoms with E-state index in [9.17, 15) is 14.4 Å². The second-order valence-electron chi connectivity index (χ2n) is 6.52. The summed E-state index contributed by atoms with van der Waals surface area (Å²) in [5.74, 6) is -0.141. The Labute approximate surface area is 144 Å². The van der Waals surface area contributed by atoms with Gasteiger partial charge in [0.05, 0.1) is 6.54 Å². The Balaban J connectivity index is 2.08. The first-order chi connectivity index (χ1) is 10.7. The number of imide groups is 1. The first-order valence-electron chi connectivity index (χ1n) is 7.66. The SMILES string of the molecule is CC(C)CC[C@@]1(C)NC(=O)N(CC(=O)c2ccc(Br)cc2)C1=O. The zero-order valence-electron chi connectivity index (χ0n) is 13.6. The Morgan fingerprint density at radius 1 is 1.26 bits per heavy atom. The summed E-state index contributed by atoms with van der Waals surface area (Å²) in [7, 11) is 0. The third kappa shape index (κ3) is 3.99. The third-order valence-electron chi connectivity index (χ3n) is 4.03. The molecule has 1 heterocycles. The van der Waals surface area contributed by atoms with Crippen LogP contribution in [0, 0.1) is 5.92 Å². The number of nitrogens with zero attached hydrogens (tertiary/aromatic N) is 1. The van der Waals surface area contributed by atoms with Gasteiger partial charge < -0.3 is 5.32 Å². The molecule has 1 fully saturated rings. The number of carbonyl (C=O) groups is 3. The van der Waals surface area contributed by atoms with Gasteiger partial charge in [0, 0.05) is 10.0 Å². The minimum Gasteiger partial charge on any atom is -0.323 e. The molecule has 0 unspecified atom stereocenters. The van der Waals surface area contributed by atoms with Crippen molar-refractivity contribution in [2.75, 3.05) is 6.54 Å². The van der Waals surface area contributed by atoms with Crippen LogP contribution in [-0.2, 0) is 4.79 Å². The van der Waals surface area contributed by atoms with E-state index in [0.29, 0.717) is 17.9 Å². The van der Waals surface area contributed by atoms with E-state index in [-0.39, 0.29) is 18.2 Å². The normalized spacial score (nSPS) is 21.0. The highest BCUT2D eigenvalue weighted by molar-refractivity contribution is 9.10. The van der Waals surface area contributed by atoms with Crippen molar-refractivity contribution in [2.45, 2.75) is 39.2 Å². The average molecular weight is 381 g/mol. The summed E-state index contributed by atoms with van der Waals surface area (Å²) < 4.78 is 0.866. The molecule has 0 aromatic heterocycles. The maximum Gasteiger partial charge on any atom is 0.325 e. The van der Waals surface area contributed by atoms with Crippen LogP contribution in [-0.4, -0.2) is 34.7 Å². The van der Waals surface area contributed by atoms with E-state index >= 15 is 0 Å². The molecule has 0 bridgehead atoms. The number of benzene rings is 1. The number of rotatable bonds is 6. The van der Waals surface area contributed by atoms with Gasteiger partial charge in [-0.25, -0.2) is 4.79 Å². The van der Waals surface area contributed by atoms with Gasteiger partial charge in [-0.2, -0.15) is 0 Å². The molecule has 2 rings (SSSR count). The van der Waals surface area contributed by atoms with Gasteiger partial charge >= 0.3 is 6.03 Å². The van der Waals surface area contributed by atoms with Crippen LogP contribution in [0.25, 0.3) is 0 Å². The predicted octanol–water partition coefficient (Wildman–Crippen LogP) is 3.38. The molecular formula is C17H21BrN2O3. The minimum atomic E-state index is -0.915. The summed E-state index contributed by atoms with van der Waals surface area (Å²) in [5.41, 5.74) is -0.439. The molecule has 3 amide bonds. The van der Waals surface area contributed by atoms with Crippen LogP contribution in [0.1, 0.15) is 44.0 Å². The zero-order chi connectivity index (χ0) is 17.2. The Hall–Kier alpha value is -1.69. The molecule has 1 aliphatic rings. The van der Waals surface area contributed by atoms with E-state index < -0.39 is 11.6 Å². The van der Waals surface area contributed by atoms with E-state index in [2.05, 4.69) is 35.1 Å². The van der Waals surface area contributed by atoms with Crippen LogP contribution in [0.3, 0.4) is 0 Å². The van der Waals surface area contributed by atoms with Gasteiger partial charge in [0.1, 0.15) is 5.54 Å². The monoisotopic (exact) mass is 380 g/mol. The van der Waals surface area contributed by atoms with Crippen molar-refractivity contribution in [2.24, 2.45) is 5.92 Å². The van der Waals surface area contributed by atoms with Crippen molar-refractivity contribution in [1.29, 1.82) is 0 Å². The van der Waals surface area contributed by atoms with E-state index in [4.69, 9.17) is 0 Å². The number of hydrogen-bond acceptors (Lipinski definition) is 3. The Kier molecular flexibility index (Phi) is 5.24. The summed E-state index contributed by atoms with van der Waals surface area (Å²) in [4.78, 5) is 38.0. The van der Waals surface area contributed by atoms with Crippen LogP contribution >= 0.6 is 15.9 Å². The number of hydrogen-bond donors (Lipinski definition) is 1. The highest BCUT2D eigenvalue weighted by Gasteiger charge is 2.47. The number of ketones is 1. The van der Waals surface area contributed by atoms with Gasteiger partial charge in [0.2, 0.25) is 0 Å². The molecule has 6 heteroatoms. The lowest BCUT2D eigenvalue weighted by Crippen LogP contribution is -2.44. The average Bonchev–Trinajstić information content (AvgIpc) is 2.70. The number of halogens is 1. The highest BCUT2D eigenvalue weighted by Crippen LogP contribution is 2.25. The molecule has 1 atom stereocenters. The predicted molar refractivity (Wildman–Crippen MR) is 91.2 cm³/mol. The van der Waals surface area contributed by atoms with Gasteiger partial charge in [-0.3, -0.25) is 14.5 Å². The molecule has 1 aromatic carbocycles. The van der Waals surface area contributed by atoms with Crippen LogP contribution in [0.15, 0.2) is 28.7 Å². The van der Waals surface area contributed by atoms with Crippen molar-refractivity contribution >= 4 is 33.7 Å². The molecule has 23 heavy (non-hydrogen) atoms. The Morgan fingerprint density at radius 2 is 1.87 bits per heavy atom. The standard InChI is InChI=1S/C17H21BrN2O3/c1-11(2)8-9-17(3)15(22)20(16(23)19-17)10-14(21)12-4-6-13(18)7-5-12/h4-7,11H,8-10H2,1-3H3,(H,19,23)/t17-/m1/s1. The minimum absolute atomic E-state index is 0.233. The van der Waals surface area contributed by atoms with E-state index in [1.54, 1.807) is 31.2 Å². The van der Waals surface area contributed by atoms with Crippen LogP contribution in [0.4, 0.5) is 4.79 Å². The maximum atomic E-state index is 12.6. The van der Waals surface area contributed by atoms with Crippen LogP contribution in [0.5, 0.6) is 0 Å². The molecule has 1 N–H and O–H groups in total. The molecule has 0 saturated carbocycles. The molecule has 1 aromatic rings. The fourth-order valence-corrected chi connectivity index (χ4v) is 2.77. The van der Waals surface area contributed by atoms with Crippen molar-refractivity contribution in [1.82, 2.24) is 10.2 Å². The fraction of sp³-hybridized carbons (Fsp3) is 0.471. The van der Waals surface area contributed by atoms with Gasteiger partial charge in [-0.05, 0) is 37.8 Å². The van der Waals surface area contributed by atoms with Crippen molar-refractivity contribution < 1.29 is 14.4 Å². The summed E-state index contributed by atoms with van der Waals surface area (Å²) >= 11 is 3.31. The molecule has 1 aliphatic heterocycles. The number of Topliss-reactive ketones (excluding diaryl/α,β-unsaturated/α-hetero) is 1. The van der Waals surface area contributed by atoms with Gasteiger partial charge in [0.25, 0.3) is 5.91 Å². The first kappa shape index (κ1) is 17.7. The van der Waals surface area contributed by atoms with Crippen LogP contribution < -0.4 is 5.32 Å². The number of carbonyl (C=O) groups excluding carboxylic acids is 3. The lowest BCUT2D eigenvalue weighted by Gasteiger charge is -2.22. The second kappa shape index (κ2) is 6.83. The molecule has 1 saturated heterocycles. The number of urea groups is 1. The topological polar surface area (TPSA) is 66.5 Å². The van der Waals surface area contributed by atoms with E-state index in [1.807, 2.05) is 0 Å². The summed E-state index contributed by atoms with van der Waals surface area (Å²) in [5, 5.41) is 2.73. The lowest BCUT2D eigenvalue weighted by molar-refractivity contribution is -0.130. The zero-order valence-corrected chi connectivity index (χ0v) is 15.1. The third-order valence-corrected chi connectivity index (χ3v) is 4.56. The summed E-state index contributed by atoms with van der Waals surface area (Å²) in [6.07, 6.45) is 1.40. The largest absolute Gasteiger partial charge is 0.325 e. The highest BCUT2D eigenvalue weighted by atomic mass is 79.9. The van der Waals surface area contributed by atoms with Gasteiger partial charge in [-0.1, -0.05) is 41.9 Å².